The minimum atomic E-state index is -4.65. The molecule has 0 aliphatic rings. The molecule has 1 aromatic heterocycles. The van der Waals surface area contributed by atoms with Gasteiger partial charge in [-0.05, 0) is 30.7 Å². The summed E-state index contributed by atoms with van der Waals surface area (Å²) < 4.78 is 39.3. The normalized spacial score (nSPS) is 12.1. The predicted molar refractivity (Wildman–Crippen MR) is 113 cm³/mol. The standard InChI is InChI=1S/C23H20F3N3O3/c1-15(16-7-3-2-4-8-16)27-22(32)18-9-5-6-10-19(18)28-20(30)14-29-13-17(23(24,25)26)11-12-21(29)31/h2-13,15H,14H2,1H3,(H,27,32)(H,28,30)/t15-/m0/s1. The number of hydrogen-bond donors (Lipinski definition) is 2. The molecule has 2 N–H and O–H groups in total. The van der Waals surface area contributed by atoms with Gasteiger partial charge in [0.25, 0.3) is 11.5 Å². The molecular weight excluding hydrogens is 423 g/mol. The van der Waals surface area contributed by atoms with Crippen LogP contribution >= 0.6 is 0 Å². The van der Waals surface area contributed by atoms with E-state index in [-0.39, 0.29) is 17.3 Å². The van der Waals surface area contributed by atoms with Crippen molar-refractivity contribution in [2.24, 2.45) is 0 Å². The Bertz CT molecular complexity index is 1170. The van der Waals surface area contributed by atoms with Crippen molar-refractivity contribution in [3.05, 3.63) is 100.0 Å². The molecule has 1 atom stereocenters. The number of pyridine rings is 1. The van der Waals surface area contributed by atoms with E-state index >= 15 is 0 Å². The number of rotatable bonds is 6. The van der Waals surface area contributed by atoms with Crippen molar-refractivity contribution in [2.75, 3.05) is 5.32 Å². The number of nitrogens with zero attached hydrogens (tertiary/aromatic N) is 1. The van der Waals surface area contributed by atoms with Crippen molar-refractivity contribution >= 4 is 17.5 Å². The largest absolute Gasteiger partial charge is 0.417 e. The van der Waals surface area contributed by atoms with E-state index in [4.69, 9.17) is 0 Å². The van der Waals surface area contributed by atoms with Crippen molar-refractivity contribution in [3.8, 4) is 0 Å². The van der Waals surface area contributed by atoms with Gasteiger partial charge in [0.1, 0.15) is 6.54 Å². The van der Waals surface area contributed by atoms with Crippen LogP contribution in [0, 0.1) is 0 Å². The van der Waals surface area contributed by atoms with E-state index in [1.165, 1.54) is 12.1 Å². The van der Waals surface area contributed by atoms with E-state index in [1.807, 2.05) is 37.3 Å². The summed E-state index contributed by atoms with van der Waals surface area (Å²) in [5, 5.41) is 5.34. The Morgan fingerprint density at radius 1 is 0.969 bits per heavy atom. The van der Waals surface area contributed by atoms with E-state index < -0.39 is 35.7 Å². The number of amides is 2. The second-order valence-corrected chi connectivity index (χ2v) is 7.08. The highest BCUT2D eigenvalue weighted by molar-refractivity contribution is 6.03. The lowest BCUT2D eigenvalue weighted by molar-refractivity contribution is -0.138. The van der Waals surface area contributed by atoms with Crippen LogP contribution in [0.25, 0.3) is 0 Å². The van der Waals surface area contributed by atoms with Gasteiger partial charge in [0.15, 0.2) is 0 Å². The first-order valence-corrected chi connectivity index (χ1v) is 9.67. The number of benzene rings is 2. The molecule has 1 heterocycles. The molecule has 0 aliphatic heterocycles. The zero-order chi connectivity index (χ0) is 23.3. The lowest BCUT2D eigenvalue weighted by Crippen LogP contribution is -2.30. The van der Waals surface area contributed by atoms with E-state index in [0.29, 0.717) is 16.8 Å². The summed E-state index contributed by atoms with van der Waals surface area (Å²) in [6.07, 6.45) is -4.06. The van der Waals surface area contributed by atoms with Gasteiger partial charge in [-0.25, -0.2) is 0 Å². The molecule has 0 saturated carbocycles. The lowest BCUT2D eigenvalue weighted by atomic mass is 10.1. The maximum atomic E-state index is 12.9. The van der Waals surface area contributed by atoms with Gasteiger partial charge in [-0.1, -0.05) is 42.5 Å². The second-order valence-electron chi connectivity index (χ2n) is 7.08. The van der Waals surface area contributed by atoms with Gasteiger partial charge in [0.2, 0.25) is 5.91 Å². The summed E-state index contributed by atoms with van der Waals surface area (Å²) in [7, 11) is 0. The zero-order valence-electron chi connectivity index (χ0n) is 17.0. The molecule has 0 saturated heterocycles. The zero-order valence-corrected chi connectivity index (χ0v) is 17.0. The number of nitrogens with one attached hydrogen (secondary N) is 2. The third-order valence-electron chi connectivity index (χ3n) is 4.72. The first kappa shape index (κ1) is 22.8. The molecule has 0 bridgehead atoms. The topological polar surface area (TPSA) is 80.2 Å². The van der Waals surface area contributed by atoms with Crippen LogP contribution in [0.1, 0.15) is 34.5 Å². The summed E-state index contributed by atoms with van der Waals surface area (Å²) in [5.41, 5.74) is -0.544. The second kappa shape index (κ2) is 9.51. The number of alkyl halides is 3. The minimum absolute atomic E-state index is 0.176. The molecule has 3 rings (SSSR count). The van der Waals surface area contributed by atoms with Crippen LogP contribution in [-0.2, 0) is 17.5 Å². The highest BCUT2D eigenvalue weighted by Crippen LogP contribution is 2.28. The molecule has 6 nitrogen and oxygen atoms in total. The van der Waals surface area contributed by atoms with Crippen LogP contribution in [0.2, 0.25) is 0 Å². The van der Waals surface area contributed by atoms with E-state index in [9.17, 15) is 27.6 Å². The van der Waals surface area contributed by atoms with Gasteiger partial charge in [0.05, 0.1) is 22.9 Å². The number of anilines is 1. The van der Waals surface area contributed by atoms with E-state index in [2.05, 4.69) is 10.6 Å². The van der Waals surface area contributed by atoms with Crippen LogP contribution in [0.4, 0.5) is 18.9 Å². The van der Waals surface area contributed by atoms with Gasteiger partial charge in [-0.3, -0.25) is 14.4 Å². The quantitative estimate of drug-likeness (QED) is 0.605. The van der Waals surface area contributed by atoms with Crippen LogP contribution < -0.4 is 16.2 Å². The van der Waals surface area contributed by atoms with Crippen molar-refractivity contribution < 1.29 is 22.8 Å². The Balaban J connectivity index is 1.74. The average molecular weight is 443 g/mol. The van der Waals surface area contributed by atoms with Gasteiger partial charge in [-0.15, -0.1) is 0 Å². The Morgan fingerprint density at radius 3 is 2.31 bits per heavy atom. The van der Waals surface area contributed by atoms with Crippen LogP contribution in [-0.4, -0.2) is 16.4 Å². The number of carbonyl (C=O) groups is 2. The number of hydrogen-bond acceptors (Lipinski definition) is 3. The van der Waals surface area contributed by atoms with Crippen molar-refractivity contribution in [3.63, 3.8) is 0 Å². The maximum absolute atomic E-state index is 12.9. The monoisotopic (exact) mass is 443 g/mol. The van der Waals surface area contributed by atoms with Gasteiger partial charge in [0, 0.05) is 12.3 Å². The Labute approximate surface area is 181 Å². The molecule has 0 spiro atoms. The minimum Gasteiger partial charge on any atom is -0.345 e. The number of aromatic nitrogens is 1. The Morgan fingerprint density at radius 2 is 1.62 bits per heavy atom. The van der Waals surface area contributed by atoms with Crippen LogP contribution in [0.5, 0.6) is 0 Å². The smallest absolute Gasteiger partial charge is 0.345 e. The predicted octanol–water partition coefficient (Wildman–Crippen LogP) is 4.00. The average Bonchev–Trinajstić information content (AvgIpc) is 2.75. The van der Waals surface area contributed by atoms with Crippen molar-refractivity contribution in [1.29, 1.82) is 0 Å². The first-order valence-electron chi connectivity index (χ1n) is 9.67. The molecule has 0 fully saturated rings. The summed E-state index contributed by atoms with van der Waals surface area (Å²) in [6.45, 7) is 1.17. The number of carbonyl (C=O) groups excluding carboxylic acids is 2. The Hall–Kier alpha value is -3.88. The molecule has 32 heavy (non-hydrogen) atoms. The SMILES string of the molecule is C[C@H](NC(=O)c1ccccc1NC(=O)Cn1cc(C(F)(F)F)ccc1=O)c1ccccc1. The molecule has 0 unspecified atom stereocenters. The summed E-state index contributed by atoms with van der Waals surface area (Å²) in [4.78, 5) is 37.1. The fraction of sp³-hybridized carbons (Fsp3) is 0.174. The lowest BCUT2D eigenvalue weighted by Gasteiger charge is -2.17. The number of halogens is 3. The third-order valence-corrected chi connectivity index (χ3v) is 4.72. The molecule has 166 valence electrons. The summed E-state index contributed by atoms with van der Waals surface area (Å²) >= 11 is 0. The molecule has 3 aromatic rings. The molecular formula is C23H20F3N3O3. The highest BCUT2D eigenvalue weighted by atomic mass is 19.4. The summed E-state index contributed by atoms with van der Waals surface area (Å²) in [6, 6.07) is 16.6. The van der Waals surface area contributed by atoms with Crippen molar-refractivity contribution in [2.45, 2.75) is 25.7 Å². The van der Waals surface area contributed by atoms with Crippen molar-refractivity contribution in [1.82, 2.24) is 9.88 Å². The number of para-hydroxylation sites is 1. The first-order chi connectivity index (χ1) is 15.1. The molecule has 0 aliphatic carbocycles. The van der Waals surface area contributed by atoms with Gasteiger partial charge in [-0.2, -0.15) is 13.2 Å². The molecule has 0 radical (unpaired) electrons. The highest BCUT2D eigenvalue weighted by Gasteiger charge is 2.31. The fourth-order valence-corrected chi connectivity index (χ4v) is 3.06. The summed E-state index contributed by atoms with van der Waals surface area (Å²) in [5.74, 6) is -1.18. The van der Waals surface area contributed by atoms with Gasteiger partial charge >= 0.3 is 6.18 Å². The molecule has 2 aromatic carbocycles. The van der Waals surface area contributed by atoms with Crippen LogP contribution in [0.3, 0.4) is 0 Å². The Kier molecular flexibility index (Phi) is 6.77. The maximum Gasteiger partial charge on any atom is 0.417 e. The van der Waals surface area contributed by atoms with Crippen LogP contribution in [0.15, 0.2) is 77.7 Å². The fourth-order valence-electron chi connectivity index (χ4n) is 3.06. The van der Waals surface area contributed by atoms with E-state index in [0.717, 1.165) is 11.6 Å². The van der Waals surface area contributed by atoms with Gasteiger partial charge < -0.3 is 15.2 Å². The third kappa shape index (κ3) is 5.63. The molecule has 2 amide bonds. The molecule has 9 heteroatoms. The van der Waals surface area contributed by atoms with E-state index in [1.54, 1.807) is 12.1 Å².